The summed E-state index contributed by atoms with van der Waals surface area (Å²) in [6, 6.07) is 13.9. The van der Waals surface area contributed by atoms with E-state index in [2.05, 4.69) is 4.28 Å². The molecule has 13 heteroatoms. The van der Waals surface area contributed by atoms with E-state index >= 15 is 0 Å². The number of nitrogens with zero attached hydrogens (tertiary/aromatic N) is 2. The molecule has 0 aliphatic carbocycles. The minimum atomic E-state index is -4.36. The molecule has 2 N–H and O–H groups in total. The van der Waals surface area contributed by atoms with Crippen LogP contribution in [0, 0.1) is 0 Å². The van der Waals surface area contributed by atoms with E-state index < -0.39 is 39.4 Å². The Morgan fingerprint density at radius 2 is 1.70 bits per heavy atom. The van der Waals surface area contributed by atoms with Crippen LogP contribution in [0.5, 0.6) is 0 Å². The predicted molar refractivity (Wildman–Crippen MR) is 118 cm³/mol. The molecule has 0 heterocycles. The van der Waals surface area contributed by atoms with Gasteiger partial charge in [0.2, 0.25) is 0 Å². The first kappa shape index (κ1) is 27.0. The van der Waals surface area contributed by atoms with Crippen molar-refractivity contribution in [3.8, 4) is 11.1 Å². The maximum absolute atomic E-state index is 13.4. The number of amides is 1. The summed E-state index contributed by atoms with van der Waals surface area (Å²) < 4.78 is 53.1. The number of benzene rings is 2. The molecule has 1 unspecified atom stereocenters. The van der Waals surface area contributed by atoms with Gasteiger partial charge < -0.3 is 4.55 Å². The van der Waals surface area contributed by atoms with E-state index in [1.807, 2.05) is 30.3 Å². The van der Waals surface area contributed by atoms with Crippen molar-refractivity contribution in [3.05, 3.63) is 54.6 Å². The molecule has 0 spiro atoms. The number of hydroxylamine groups is 4. The quantitative estimate of drug-likeness (QED) is 0.252. The van der Waals surface area contributed by atoms with E-state index in [0.717, 1.165) is 16.2 Å². The summed E-state index contributed by atoms with van der Waals surface area (Å²) in [5.74, 6) is -1.06. The highest BCUT2D eigenvalue weighted by Crippen LogP contribution is 2.25. The van der Waals surface area contributed by atoms with Crippen LogP contribution in [-0.2, 0) is 35.3 Å². The molecule has 2 atom stereocenters. The summed E-state index contributed by atoms with van der Waals surface area (Å²) in [5, 5.41) is 10.1. The van der Waals surface area contributed by atoms with E-state index in [0.29, 0.717) is 4.47 Å². The van der Waals surface area contributed by atoms with Gasteiger partial charge in [0.05, 0.1) is 11.0 Å². The van der Waals surface area contributed by atoms with Gasteiger partial charge in [-0.05, 0) is 43.5 Å². The predicted octanol–water partition coefficient (Wildman–Crippen LogP) is 1.61. The summed E-state index contributed by atoms with van der Waals surface area (Å²) in [7, 11) is -3.08. The smallest absolute Gasteiger partial charge is 0.265 e. The molecule has 182 valence electrons. The minimum Gasteiger partial charge on any atom is -0.748 e. The minimum absolute atomic E-state index is 0.135. The summed E-state index contributed by atoms with van der Waals surface area (Å²) in [4.78, 5) is 17.7. The van der Waals surface area contributed by atoms with Crippen LogP contribution in [0.2, 0.25) is 0 Å². The number of hydrogen-bond donors (Lipinski definition) is 2. The fourth-order valence-corrected chi connectivity index (χ4v) is 4.70. The zero-order valence-corrected chi connectivity index (χ0v) is 19.9. The maximum atomic E-state index is 13.4. The zero-order chi connectivity index (χ0) is 24.6. The average molecular weight is 501 g/mol. The molecule has 11 nitrogen and oxygen atoms in total. The lowest BCUT2D eigenvalue weighted by molar-refractivity contribution is -0.169. The van der Waals surface area contributed by atoms with Crippen molar-refractivity contribution in [2.24, 2.45) is 0 Å². The molecule has 0 aliphatic rings. The molecule has 2 rings (SSSR count). The second kappa shape index (κ2) is 12.3. The van der Waals surface area contributed by atoms with E-state index in [4.69, 9.17) is 4.84 Å². The van der Waals surface area contributed by atoms with Crippen LogP contribution in [0.3, 0.4) is 0 Å². The Balaban J connectivity index is 2.37. The molecular weight excluding hydrogens is 474 g/mol. The molecule has 0 saturated carbocycles. The number of nitrogens with one attached hydrogen (secondary N) is 1. The van der Waals surface area contributed by atoms with E-state index in [1.54, 1.807) is 26.0 Å². The third-order valence-electron chi connectivity index (χ3n) is 4.38. The Morgan fingerprint density at radius 1 is 1.12 bits per heavy atom. The highest BCUT2D eigenvalue weighted by molar-refractivity contribution is 7.89. The Bertz CT molecular complexity index is 1030. The Labute approximate surface area is 195 Å². The summed E-state index contributed by atoms with van der Waals surface area (Å²) >= 11 is -2.84. The maximum Gasteiger partial charge on any atom is 0.265 e. The molecule has 0 saturated heterocycles. The fourth-order valence-electron chi connectivity index (χ4n) is 2.91. The zero-order valence-electron chi connectivity index (χ0n) is 18.3. The van der Waals surface area contributed by atoms with Crippen LogP contribution >= 0.6 is 0 Å². The first-order valence-electron chi connectivity index (χ1n) is 9.85. The molecule has 0 aliphatic heterocycles. The van der Waals surface area contributed by atoms with Gasteiger partial charge in [-0.2, -0.15) is 5.06 Å². The van der Waals surface area contributed by atoms with Crippen molar-refractivity contribution in [1.82, 2.24) is 15.0 Å². The third-order valence-corrected chi connectivity index (χ3v) is 6.44. The number of carbonyl (C=O) groups is 1. The highest BCUT2D eigenvalue weighted by atomic mass is 32.2. The van der Waals surface area contributed by atoms with Gasteiger partial charge in [0, 0.05) is 13.6 Å². The van der Waals surface area contributed by atoms with E-state index in [1.165, 1.54) is 24.7 Å². The number of hydrogen-bond acceptors (Lipinski definition) is 9. The molecule has 33 heavy (non-hydrogen) atoms. The average Bonchev–Trinajstić information content (AvgIpc) is 2.78. The first-order chi connectivity index (χ1) is 15.6. The standard InChI is InChI=1S/C20H27N3O8S2/c1-15(2)30-23(19(20(24)21-25)13-14-22(3)31-32(26)27)33(28,29)18-11-9-17(10-12-18)16-7-5-4-6-8-16/h4-12,15,19,25H,13-14H2,1-3H3,(H,21,24)(H,26,27)/p-1/t19-/m1/s1. The molecular formula is C20H26N3O8S2-. The largest absolute Gasteiger partial charge is 0.748 e. The van der Waals surface area contributed by atoms with Crippen molar-refractivity contribution in [3.63, 3.8) is 0 Å². The van der Waals surface area contributed by atoms with Gasteiger partial charge in [0.15, 0.2) is 0 Å². The normalized spacial score (nSPS) is 13.9. The van der Waals surface area contributed by atoms with Crippen molar-refractivity contribution in [2.75, 3.05) is 13.6 Å². The SMILES string of the molecule is CC(C)ON([C@H](CCN(C)OS(=O)[O-])C(=O)NO)S(=O)(=O)c1ccc(-c2ccccc2)cc1. The lowest BCUT2D eigenvalue weighted by Gasteiger charge is -2.30. The van der Waals surface area contributed by atoms with Gasteiger partial charge in [-0.1, -0.05) is 46.9 Å². The monoisotopic (exact) mass is 500 g/mol. The van der Waals surface area contributed by atoms with Crippen LogP contribution in [0.4, 0.5) is 0 Å². The van der Waals surface area contributed by atoms with Gasteiger partial charge in [0.1, 0.15) is 17.4 Å². The van der Waals surface area contributed by atoms with Gasteiger partial charge in [-0.25, -0.2) is 22.4 Å². The fraction of sp³-hybridized carbons (Fsp3) is 0.350. The lowest BCUT2D eigenvalue weighted by atomic mass is 10.1. The second-order valence-electron chi connectivity index (χ2n) is 7.22. The summed E-state index contributed by atoms with van der Waals surface area (Å²) in [6.45, 7) is 2.97. The molecule has 0 fully saturated rings. The van der Waals surface area contributed by atoms with Crippen molar-refractivity contribution in [1.29, 1.82) is 0 Å². The van der Waals surface area contributed by atoms with Crippen LogP contribution in [0.25, 0.3) is 11.1 Å². The molecule has 0 radical (unpaired) electrons. The Kier molecular flexibility index (Phi) is 10.1. The molecule has 2 aromatic rings. The molecule has 1 amide bonds. The number of carbonyl (C=O) groups excluding carboxylic acids is 1. The summed E-state index contributed by atoms with van der Waals surface area (Å²) in [5.41, 5.74) is 3.12. The van der Waals surface area contributed by atoms with Crippen LogP contribution < -0.4 is 5.48 Å². The van der Waals surface area contributed by atoms with Crippen LogP contribution in [0.15, 0.2) is 59.5 Å². The Hall–Kier alpha value is -2.23. The van der Waals surface area contributed by atoms with E-state index in [9.17, 15) is 27.2 Å². The summed E-state index contributed by atoms with van der Waals surface area (Å²) in [6.07, 6.45) is -0.894. The van der Waals surface area contributed by atoms with Crippen LogP contribution in [-0.4, -0.2) is 63.6 Å². The molecule has 2 aromatic carbocycles. The van der Waals surface area contributed by atoms with Crippen LogP contribution in [0.1, 0.15) is 20.3 Å². The van der Waals surface area contributed by atoms with Crippen molar-refractivity contribution in [2.45, 2.75) is 37.3 Å². The van der Waals surface area contributed by atoms with Crippen molar-refractivity contribution < 1.29 is 36.3 Å². The topological polar surface area (TPSA) is 149 Å². The number of rotatable bonds is 12. The van der Waals surface area contributed by atoms with Gasteiger partial charge in [0.25, 0.3) is 15.9 Å². The van der Waals surface area contributed by atoms with Gasteiger partial charge in [-0.3, -0.25) is 14.8 Å². The number of sulfonamides is 1. The highest BCUT2D eigenvalue weighted by Gasteiger charge is 2.38. The van der Waals surface area contributed by atoms with Gasteiger partial charge >= 0.3 is 0 Å². The molecule has 0 aromatic heterocycles. The molecule has 0 bridgehead atoms. The van der Waals surface area contributed by atoms with Gasteiger partial charge in [-0.15, -0.1) is 0 Å². The third kappa shape index (κ3) is 7.65. The lowest BCUT2D eigenvalue weighted by Crippen LogP contribution is -2.50. The Morgan fingerprint density at radius 3 is 2.21 bits per heavy atom. The van der Waals surface area contributed by atoms with E-state index in [-0.39, 0.29) is 17.9 Å². The second-order valence-corrected chi connectivity index (χ2v) is 9.55. The first-order valence-corrected chi connectivity index (χ1v) is 12.3. The van der Waals surface area contributed by atoms with Crippen molar-refractivity contribution >= 4 is 27.3 Å².